The van der Waals surface area contributed by atoms with E-state index in [0.717, 1.165) is 15.1 Å². The largest absolute Gasteiger partial charge is 0.339 e. The van der Waals surface area contributed by atoms with Gasteiger partial charge in [0.25, 0.3) is 11.5 Å². The number of aromatic nitrogens is 2. The number of halogens is 1. The minimum absolute atomic E-state index is 0.168. The lowest BCUT2D eigenvalue weighted by Crippen LogP contribution is -2.32. The van der Waals surface area contributed by atoms with Crippen molar-refractivity contribution in [1.29, 1.82) is 0 Å². The second-order valence-electron chi connectivity index (χ2n) is 6.30. The van der Waals surface area contributed by atoms with Crippen molar-refractivity contribution in [3.05, 3.63) is 98.3 Å². The third-order valence-electron chi connectivity index (χ3n) is 4.48. The third-order valence-corrected chi connectivity index (χ3v) is 5.42. The van der Waals surface area contributed by atoms with Gasteiger partial charge in [-0.2, -0.15) is 5.10 Å². The van der Waals surface area contributed by atoms with Crippen LogP contribution in [0, 0.1) is 5.82 Å². The molecule has 1 amide bonds. The molecular formula is C21H16FN3O2S. The van der Waals surface area contributed by atoms with Crippen molar-refractivity contribution >= 4 is 28.0 Å². The molecule has 1 N–H and O–H groups in total. The molecule has 0 aliphatic heterocycles. The van der Waals surface area contributed by atoms with E-state index in [1.165, 1.54) is 30.5 Å². The number of thiophene rings is 1. The van der Waals surface area contributed by atoms with Crippen LogP contribution in [0.2, 0.25) is 0 Å². The van der Waals surface area contributed by atoms with Crippen LogP contribution in [0.1, 0.15) is 27.0 Å². The molecule has 0 saturated carbocycles. The predicted molar refractivity (Wildman–Crippen MR) is 107 cm³/mol. The molecule has 0 fully saturated rings. The lowest BCUT2D eigenvalue weighted by atomic mass is 10.0. The molecule has 7 heteroatoms. The summed E-state index contributed by atoms with van der Waals surface area (Å²) in [6.07, 6.45) is 0. The molecule has 0 aliphatic carbocycles. The highest BCUT2D eigenvalue weighted by Gasteiger charge is 2.22. The molecule has 0 radical (unpaired) electrons. The fourth-order valence-corrected chi connectivity index (χ4v) is 3.90. The van der Waals surface area contributed by atoms with Gasteiger partial charge < -0.3 is 5.32 Å². The summed E-state index contributed by atoms with van der Waals surface area (Å²) in [7, 11) is 1.52. The number of hydrogen-bond donors (Lipinski definition) is 1. The molecule has 0 bridgehead atoms. The zero-order chi connectivity index (χ0) is 19.7. The number of fused-ring (bicyclic) bond motifs is 1. The van der Waals surface area contributed by atoms with Crippen molar-refractivity contribution in [1.82, 2.24) is 15.1 Å². The van der Waals surface area contributed by atoms with Crippen LogP contribution in [0.5, 0.6) is 0 Å². The fourth-order valence-electron chi connectivity index (χ4n) is 3.10. The van der Waals surface area contributed by atoms with Crippen LogP contribution in [-0.4, -0.2) is 15.7 Å². The van der Waals surface area contributed by atoms with Gasteiger partial charge in [0, 0.05) is 17.3 Å². The number of carbonyl (C=O) groups excluding carboxylic acids is 1. The molecule has 28 heavy (non-hydrogen) atoms. The van der Waals surface area contributed by atoms with E-state index < -0.39 is 11.9 Å². The summed E-state index contributed by atoms with van der Waals surface area (Å²) < 4.78 is 14.5. The zero-order valence-corrected chi connectivity index (χ0v) is 15.7. The molecule has 0 spiro atoms. The Morgan fingerprint density at radius 3 is 2.46 bits per heavy atom. The molecule has 0 aliphatic rings. The highest BCUT2D eigenvalue weighted by molar-refractivity contribution is 7.10. The van der Waals surface area contributed by atoms with Crippen molar-refractivity contribution in [2.75, 3.05) is 0 Å². The molecule has 2 aromatic heterocycles. The average molecular weight is 393 g/mol. The van der Waals surface area contributed by atoms with Crippen LogP contribution in [-0.2, 0) is 7.05 Å². The quantitative estimate of drug-likeness (QED) is 0.576. The molecule has 0 saturated heterocycles. The van der Waals surface area contributed by atoms with Crippen LogP contribution in [0.4, 0.5) is 4.39 Å². The highest BCUT2D eigenvalue weighted by Crippen LogP contribution is 2.27. The molecule has 4 aromatic rings. The van der Waals surface area contributed by atoms with Gasteiger partial charge in [-0.05, 0) is 35.2 Å². The number of nitrogens with zero attached hydrogens (tertiary/aromatic N) is 2. The van der Waals surface area contributed by atoms with Gasteiger partial charge in [-0.15, -0.1) is 11.3 Å². The van der Waals surface area contributed by atoms with Crippen molar-refractivity contribution < 1.29 is 9.18 Å². The molecule has 5 nitrogen and oxygen atoms in total. The van der Waals surface area contributed by atoms with Crippen LogP contribution in [0.3, 0.4) is 0 Å². The summed E-state index contributed by atoms with van der Waals surface area (Å²) in [4.78, 5) is 26.3. The summed E-state index contributed by atoms with van der Waals surface area (Å²) >= 11 is 1.49. The normalized spacial score (nSPS) is 12.1. The van der Waals surface area contributed by atoms with E-state index in [9.17, 15) is 14.0 Å². The Morgan fingerprint density at radius 2 is 1.79 bits per heavy atom. The highest BCUT2D eigenvalue weighted by atomic mass is 32.1. The Kier molecular flexibility index (Phi) is 4.75. The topological polar surface area (TPSA) is 64.0 Å². The van der Waals surface area contributed by atoms with Gasteiger partial charge in [-0.25, -0.2) is 9.07 Å². The van der Waals surface area contributed by atoms with E-state index >= 15 is 0 Å². The lowest BCUT2D eigenvalue weighted by Gasteiger charge is -2.18. The Morgan fingerprint density at radius 1 is 1.07 bits per heavy atom. The average Bonchev–Trinajstić information content (AvgIpc) is 3.24. The number of benzene rings is 2. The van der Waals surface area contributed by atoms with Crippen LogP contribution in [0.15, 0.2) is 70.8 Å². The molecule has 140 valence electrons. The number of hydrogen-bond acceptors (Lipinski definition) is 4. The first-order valence-corrected chi connectivity index (χ1v) is 9.48. The van der Waals surface area contributed by atoms with Crippen LogP contribution >= 0.6 is 11.3 Å². The maximum Gasteiger partial charge on any atom is 0.274 e. The minimum atomic E-state index is -0.453. The summed E-state index contributed by atoms with van der Waals surface area (Å²) in [5, 5.41) is 10.00. The minimum Gasteiger partial charge on any atom is -0.339 e. The van der Waals surface area contributed by atoms with E-state index in [1.54, 1.807) is 36.4 Å². The molecule has 2 heterocycles. The zero-order valence-electron chi connectivity index (χ0n) is 14.9. The van der Waals surface area contributed by atoms with Crippen molar-refractivity contribution in [2.45, 2.75) is 6.04 Å². The van der Waals surface area contributed by atoms with Crippen molar-refractivity contribution in [2.24, 2.45) is 7.05 Å². The Hall–Kier alpha value is -3.32. The monoisotopic (exact) mass is 393 g/mol. The van der Waals surface area contributed by atoms with Crippen LogP contribution < -0.4 is 10.9 Å². The number of aryl methyl sites for hydroxylation is 1. The van der Waals surface area contributed by atoms with Crippen molar-refractivity contribution in [3.63, 3.8) is 0 Å². The number of nitrogens with one attached hydrogen (secondary N) is 1. The van der Waals surface area contributed by atoms with E-state index in [1.807, 2.05) is 17.5 Å². The smallest absolute Gasteiger partial charge is 0.274 e. The van der Waals surface area contributed by atoms with E-state index in [4.69, 9.17) is 0 Å². The van der Waals surface area contributed by atoms with Gasteiger partial charge in [-0.3, -0.25) is 9.59 Å². The first-order chi connectivity index (χ1) is 13.5. The predicted octanol–water partition coefficient (Wildman–Crippen LogP) is 3.65. The first kappa shape index (κ1) is 18.1. The molecule has 4 rings (SSSR count). The Bertz CT molecular complexity index is 1200. The first-order valence-electron chi connectivity index (χ1n) is 8.60. The third kappa shape index (κ3) is 3.32. The maximum atomic E-state index is 13.3. The fraction of sp³-hybridized carbons (Fsp3) is 0.0952. The number of amides is 1. The maximum absolute atomic E-state index is 13.3. The van der Waals surface area contributed by atoms with Gasteiger partial charge in [0.15, 0.2) is 5.69 Å². The summed E-state index contributed by atoms with van der Waals surface area (Å²) in [5.74, 6) is -0.750. The molecule has 2 aromatic carbocycles. The summed E-state index contributed by atoms with van der Waals surface area (Å²) in [5.41, 5.74) is 0.660. The van der Waals surface area contributed by atoms with E-state index in [0.29, 0.717) is 10.8 Å². The Labute approximate surface area is 164 Å². The van der Waals surface area contributed by atoms with E-state index in [-0.39, 0.29) is 17.1 Å². The van der Waals surface area contributed by atoms with Gasteiger partial charge >= 0.3 is 0 Å². The molecule has 1 atom stereocenters. The number of rotatable bonds is 4. The number of carbonyl (C=O) groups is 1. The lowest BCUT2D eigenvalue weighted by molar-refractivity contribution is 0.0938. The second kappa shape index (κ2) is 7.36. The molecular weight excluding hydrogens is 377 g/mol. The van der Waals surface area contributed by atoms with Gasteiger partial charge in [0.1, 0.15) is 5.82 Å². The van der Waals surface area contributed by atoms with Gasteiger partial charge in [-0.1, -0.05) is 36.4 Å². The standard InChI is InChI=1S/C21H16FN3O2S/c1-25-21(27)16-6-3-2-5-15(16)19(24-25)20(26)23-18(17-7-4-12-28-17)13-8-10-14(22)11-9-13/h2-12,18H,1H3,(H,23,26)/t18-/m0/s1. The van der Waals surface area contributed by atoms with Crippen LogP contribution in [0.25, 0.3) is 10.8 Å². The SMILES string of the molecule is Cn1nc(C(=O)N[C@@H](c2ccc(F)cc2)c2cccs2)c2ccccc2c1=O. The second-order valence-corrected chi connectivity index (χ2v) is 7.28. The van der Waals surface area contributed by atoms with E-state index in [2.05, 4.69) is 10.4 Å². The summed E-state index contributed by atoms with van der Waals surface area (Å²) in [6.45, 7) is 0. The van der Waals surface area contributed by atoms with Gasteiger partial charge in [0.2, 0.25) is 0 Å². The Balaban J connectivity index is 1.77. The molecule has 0 unspecified atom stereocenters. The van der Waals surface area contributed by atoms with Crippen molar-refractivity contribution in [3.8, 4) is 0 Å². The van der Waals surface area contributed by atoms with Gasteiger partial charge in [0.05, 0.1) is 11.4 Å². The summed E-state index contributed by atoms with van der Waals surface area (Å²) in [6, 6.07) is 16.3.